The van der Waals surface area contributed by atoms with E-state index in [1.54, 1.807) is 31.5 Å². The largest absolute Gasteiger partial charge is 0.497 e. The van der Waals surface area contributed by atoms with Crippen LogP contribution in [0.15, 0.2) is 34.9 Å². The summed E-state index contributed by atoms with van der Waals surface area (Å²) in [5.74, 6) is 1.52. The molecule has 0 unspecified atom stereocenters. The van der Waals surface area contributed by atoms with Gasteiger partial charge in [0.05, 0.1) is 23.2 Å². The topological polar surface area (TPSA) is 55.1 Å². The summed E-state index contributed by atoms with van der Waals surface area (Å²) in [6.07, 6.45) is 1.71. The molecule has 19 heavy (non-hydrogen) atoms. The van der Waals surface area contributed by atoms with Crippen molar-refractivity contribution in [2.75, 3.05) is 7.11 Å². The maximum atomic E-state index is 8.95. The van der Waals surface area contributed by atoms with Gasteiger partial charge < -0.3 is 9.47 Å². The maximum Gasteiger partial charge on any atom is 0.233 e. The Morgan fingerprint density at radius 2 is 1.95 bits per heavy atom. The van der Waals surface area contributed by atoms with Crippen LogP contribution in [0, 0.1) is 18.3 Å². The van der Waals surface area contributed by atoms with Crippen molar-refractivity contribution in [2.24, 2.45) is 0 Å². The van der Waals surface area contributed by atoms with Crippen LogP contribution in [-0.2, 0) is 0 Å². The minimum atomic E-state index is 0.447. The fraction of sp³-hybridized carbons (Fsp3) is 0.143. The molecule has 0 saturated carbocycles. The molecule has 0 spiro atoms. The number of rotatable bonds is 3. The van der Waals surface area contributed by atoms with E-state index in [9.17, 15) is 0 Å². The third-order valence-electron chi connectivity index (χ3n) is 2.40. The number of pyridine rings is 1. The summed E-state index contributed by atoms with van der Waals surface area (Å²) in [5, 5.41) is 8.95. The van der Waals surface area contributed by atoms with E-state index in [0.717, 1.165) is 10.0 Å². The molecule has 0 aliphatic heterocycles. The van der Waals surface area contributed by atoms with Crippen molar-refractivity contribution in [1.29, 1.82) is 5.26 Å². The molecule has 0 radical (unpaired) electrons. The SMILES string of the molecule is COc1cc(C#N)cc(Oc2ncc(C)cc2Br)c1. The fourth-order valence-corrected chi connectivity index (χ4v) is 2.07. The van der Waals surface area contributed by atoms with Crippen LogP contribution in [0.5, 0.6) is 17.4 Å². The van der Waals surface area contributed by atoms with Crippen LogP contribution in [-0.4, -0.2) is 12.1 Å². The zero-order valence-corrected chi connectivity index (χ0v) is 12.1. The molecular weight excluding hydrogens is 308 g/mol. The molecule has 0 fully saturated rings. The molecule has 0 amide bonds. The van der Waals surface area contributed by atoms with E-state index in [1.165, 1.54) is 0 Å². The molecule has 0 aliphatic carbocycles. The normalized spacial score (nSPS) is 9.79. The van der Waals surface area contributed by atoms with Gasteiger partial charge in [-0.2, -0.15) is 5.26 Å². The van der Waals surface area contributed by atoms with Crippen molar-refractivity contribution in [3.05, 3.63) is 46.1 Å². The first-order valence-electron chi connectivity index (χ1n) is 5.51. The monoisotopic (exact) mass is 318 g/mol. The summed E-state index contributed by atoms with van der Waals surface area (Å²) < 4.78 is 11.5. The van der Waals surface area contributed by atoms with Crippen molar-refractivity contribution in [3.63, 3.8) is 0 Å². The Hall–Kier alpha value is -2.06. The molecule has 0 saturated heterocycles. The van der Waals surface area contributed by atoms with E-state index in [2.05, 4.69) is 27.0 Å². The molecule has 96 valence electrons. The Morgan fingerprint density at radius 3 is 2.58 bits per heavy atom. The highest BCUT2D eigenvalue weighted by Gasteiger charge is 2.07. The van der Waals surface area contributed by atoms with Crippen molar-refractivity contribution in [2.45, 2.75) is 6.92 Å². The Morgan fingerprint density at radius 1 is 1.21 bits per heavy atom. The predicted octanol–water partition coefficient (Wildman–Crippen LogP) is 3.83. The number of aryl methyl sites for hydroxylation is 1. The van der Waals surface area contributed by atoms with E-state index in [-0.39, 0.29) is 0 Å². The van der Waals surface area contributed by atoms with Crippen LogP contribution < -0.4 is 9.47 Å². The molecule has 0 atom stereocenters. The highest BCUT2D eigenvalue weighted by Crippen LogP contribution is 2.30. The predicted molar refractivity (Wildman–Crippen MR) is 74.5 cm³/mol. The lowest BCUT2D eigenvalue weighted by Crippen LogP contribution is -1.92. The number of nitriles is 1. The van der Waals surface area contributed by atoms with Gasteiger partial charge in [0.25, 0.3) is 0 Å². The average molecular weight is 319 g/mol. The van der Waals surface area contributed by atoms with E-state index < -0.39 is 0 Å². The summed E-state index contributed by atoms with van der Waals surface area (Å²) >= 11 is 3.39. The van der Waals surface area contributed by atoms with Gasteiger partial charge in [-0.25, -0.2) is 4.98 Å². The molecule has 4 nitrogen and oxygen atoms in total. The molecule has 1 heterocycles. The van der Waals surface area contributed by atoms with E-state index in [0.29, 0.717) is 22.9 Å². The van der Waals surface area contributed by atoms with Crippen molar-refractivity contribution in [1.82, 2.24) is 4.98 Å². The van der Waals surface area contributed by atoms with E-state index in [1.807, 2.05) is 13.0 Å². The zero-order valence-electron chi connectivity index (χ0n) is 10.5. The van der Waals surface area contributed by atoms with Gasteiger partial charge in [-0.05, 0) is 46.6 Å². The number of hydrogen-bond acceptors (Lipinski definition) is 4. The highest BCUT2D eigenvalue weighted by atomic mass is 79.9. The van der Waals surface area contributed by atoms with Gasteiger partial charge in [0.2, 0.25) is 5.88 Å². The first kappa shape index (κ1) is 13.4. The summed E-state index contributed by atoms with van der Waals surface area (Å²) in [4.78, 5) is 4.19. The van der Waals surface area contributed by atoms with Crippen LogP contribution in [0.25, 0.3) is 0 Å². The van der Waals surface area contributed by atoms with Crippen LogP contribution >= 0.6 is 15.9 Å². The quantitative estimate of drug-likeness (QED) is 0.863. The smallest absolute Gasteiger partial charge is 0.233 e. The summed E-state index contributed by atoms with van der Waals surface area (Å²) in [5.41, 5.74) is 1.50. The molecule has 2 aromatic rings. The standard InChI is InChI=1S/C14H11BrN2O2/c1-9-3-13(15)14(17-8-9)19-12-5-10(7-16)4-11(6-12)18-2/h3-6,8H,1-2H3. The number of ether oxygens (including phenoxy) is 2. The zero-order chi connectivity index (χ0) is 13.8. The fourth-order valence-electron chi connectivity index (χ4n) is 1.52. The van der Waals surface area contributed by atoms with E-state index >= 15 is 0 Å². The van der Waals surface area contributed by atoms with Gasteiger partial charge in [-0.3, -0.25) is 0 Å². The lowest BCUT2D eigenvalue weighted by atomic mass is 10.2. The molecule has 0 N–H and O–H groups in total. The average Bonchev–Trinajstić information content (AvgIpc) is 2.41. The Bertz CT molecular complexity index is 650. The molecule has 1 aromatic carbocycles. The first-order valence-corrected chi connectivity index (χ1v) is 6.31. The number of benzene rings is 1. The van der Waals surface area contributed by atoms with Crippen molar-refractivity contribution < 1.29 is 9.47 Å². The van der Waals surface area contributed by atoms with Crippen LogP contribution in [0.2, 0.25) is 0 Å². The number of halogens is 1. The Labute approximate surface area is 119 Å². The maximum absolute atomic E-state index is 8.95. The van der Waals surface area contributed by atoms with Crippen LogP contribution in [0.1, 0.15) is 11.1 Å². The van der Waals surface area contributed by atoms with Crippen LogP contribution in [0.3, 0.4) is 0 Å². The van der Waals surface area contributed by atoms with Crippen molar-refractivity contribution in [3.8, 4) is 23.4 Å². The molecular formula is C14H11BrN2O2. The second-order valence-corrected chi connectivity index (χ2v) is 4.77. The lowest BCUT2D eigenvalue weighted by molar-refractivity contribution is 0.407. The molecule has 0 aliphatic rings. The van der Waals surface area contributed by atoms with Gasteiger partial charge in [-0.1, -0.05) is 0 Å². The molecule has 1 aromatic heterocycles. The minimum Gasteiger partial charge on any atom is -0.497 e. The third kappa shape index (κ3) is 3.24. The van der Waals surface area contributed by atoms with Crippen LogP contribution in [0.4, 0.5) is 0 Å². The number of hydrogen-bond donors (Lipinski definition) is 0. The number of aromatic nitrogens is 1. The Kier molecular flexibility index (Phi) is 4.03. The molecule has 5 heteroatoms. The number of nitrogens with zero attached hydrogens (tertiary/aromatic N) is 2. The van der Waals surface area contributed by atoms with Gasteiger partial charge >= 0.3 is 0 Å². The van der Waals surface area contributed by atoms with Gasteiger partial charge in [-0.15, -0.1) is 0 Å². The highest BCUT2D eigenvalue weighted by molar-refractivity contribution is 9.10. The van der Waals surface area contributed by atoms with E-state index in [4.69, 9.17) is 14.7 Å². The summed E-state index contributed by atoms with van der Waals surface area (Å²) in [6.45, 7) is 1.95. The first-order chi connectivity index (χ1) is 9.12. The van der Waals surface area contributed by atoms with Gasteiger partial charge in [0.15, 0.2) is 0 Å². The number of methoxy groups -OCH3 is 1. The van der Waals surface area contributed by atoms with Crippen molar-refractivity contribution >= 4 is 15.9 Å². The lowest BCUT2D eigenvalue weighted by Gasteiger charge is -2.09. The summed E-state index contributed by atoms with van der Waals surface area (Å²) in [6, 6.07) is 8.95. The van der Waals surface area contributed by atoms with Gasteiger partial charge in [0.1, 0.15) is 11.5 Å². The molecule has 0 bridgehead atoms. The summed E-state index contributed by atoms with van der Waals surface area (Å²) in [7, 11) is 1.54. The third-order valence-corrected chi connectivity index (χ3v) is 2.97. The molecule has 2 rings (SSSR count). The minimum absolute atomic E-state index is 0.447. The Balaban J connectivity index is 2.35. The van der Waals surface area contributed by atoms with Gasteiger partial charge in [0, 0.05) is 12.3 Å². The second kappa shape index (κ2) is 5.72. The second-order valence-electron chi connectivity index (χ2n) is 3.91.